The average Bonchev–Trinajstić information content (AvgIpc) is 3.41. The fraction of sp³-hybridized carbons (Fsp3) is 0.600. The average molecular weight is 534 g/mol. The summed E-state index contributed by atoms with van der Waals surface area (Å²) in [6.07, 6.45) is 3.50. The van der Waals surface area contributed by atoms with Crippen LogP contribution in [0.2, 0.25) is 0 Å². The Morgan fingerprint density at radius 1 is 1.25 bits per heavy atom. The molecule has 3 heterocycles. The first kappa shape index (κ1) is 23.4. The second-order valence-corrected chi connectivity index (χ2v) is 9.33. The molecule has 0 radical (unpaired) electrons. The minimum atomic E-state index is 0. The number of aromatic nitrogens is 1. The third-order valence-corrected chi connectivity index (χ3v) is 6.94. The molecule has 2 aromatic heterocycles. The van der Waals surface area contributed by atoms with E-state index in [4.69, 9.17) is 9.98 Å². The molecule has 2 N–H and O–H groups in total. The van der Waals surface area contributed by atoms with Crippen molar-refractivity contribution >= 4 is 57.7 Å². The molecule has 3 rings (SSSR count). The first-order valence-electron chi connectivity index (χ1n) is 9.84. The van der Waals surface area contributed by atoms with Crippen LogP contribution in [0.4, 0.5) is 5.13 Å². The molecule has 0 aliphatic carbocycles. The molecule has 1 aliphatic rings. The van der Waals surface area contributed by atoms with Crippen LogP contribution in [0.25, 0.3) is 0 Å². The quantitative estimate of drug-likeness (QED) is 0.298. The zero-order chi connectivity index (χ0) is 19.1. The van der Waals surface area contributed by atoms with E-state index in [-0.39, 0.29) is 29.4 Å². The molecule has 0 spiro atoms. The highest BCUT2D eigenvalue weighted by Gasteiger charge is 2.21. The van der Waals surface area contributed by atoms with Crippen molar-refractivity contribution in [3.05, 3.63) is 33.5 Å². The van der Waals surface area contributed by atoms with E-state index >= 15 is 0 Å². The summed E-state index contributed by atoms with van der Waals surface area (Å²) in [4.78, 5) is 13.4. The van der Waals surface area contributed by atoms with E-state index in [0.717, 1.165) is 45.1 Å². The minimum Gasteiger partial charge on any atom is -0.357 e. The molecule has 0 unspecified atom stereocenters. The summed E-state index contributed by atoms with van der Waals surface area (Å²) in [5, 5.41) is 12.3. The van der Waals surface area contributed by atoms with E-state index in [9.17, 15) is 0 Å². The van der Waals surface area contributed by atoms with Gasteiger partial charge in [0.15, 0.2) is 11.1 Å². The Hall–Kier alpha value is -0.870. The van der Waals surface area contributed by atoms with Crippen molar-refractivity contribution in [1.82, 2.24) is 15.6 Å². The monoisotopic (exact) mass is 533 g/mol. The van der Waals surface area contributed by atoms with Gasteiger partial charge in [0.1, 0.15) is 0 Å². The van der Waals surface area contributed by atoms with Crippen LogP contribution in [0.3, 0.4) is 0 Å². The van der Waals surface area contributed by atoms with Gasteiger partial charge in [-0.2, -0.15) is 0 Å². The predicted molar refractivity (Wildman–Crippen MR) is 134 cm³/mol. The summed E-state index contributed by atoms with van der Waals surface area (Å²) in [6.45, 7) is 11.4. The summed E-state index contributed by atoms with van der Waals surface area (Å²) < 4.78 is 0. The third-order valence-electron chi connectivity index (χ3n) is 4.75. The van der Waals surface area contributed by atoms with Crippen LogP contribution in [-0.4, -0.2) is 43.7 Å². The lowest BCUT2D eigenvalue weighted by molar-refractivity contribution is 0.548. The number of aliphatic imine (C=N–C) groups is 1. The molecule has 8 heteroatoms. The van der Waals surface area contributed by atoms with E-state index in [2.05, 4.69) is 59.2 Å². The summed E-state index contributed by atoms with van der Waals surface area (Å²) in [7, 11) is 0. The Bertz CT molecular complexity index is 721. The topological polar surface area (TPSA) is 52.6 Å². The highest BCUT2D eigenvalue weighted by Crippen LogP contribution is 2.27. The van der Waals surface area contributed by atoms with Gasteiger partial charge >= 0.3 is 0 Å². The summed E-state index contributed by atoms with van der Waals surface area (Å²) in [6, 6.07) is 4.31. The molecule has 28 heavy (non-hydrogen) atoms. The van der Waals surface area contributed by atoms with Crippen molar-refractivity contribution in [3.63, 3.8) is 0 Å². The number of anilines is 1. The Morgan fingerprint density at radius 3 is 2.71 bits per heavy atom. The van der Waals surface area contributed by atoms with Crippen LogP contribution in [0.15, 0.2) is 27.9 Å². The zero-order valence-corrected chi connectivity index (χ0v) is 21.0. The van der Waals surface area contributed by atoms with Gasteiger partial charge in [-0.1, -0.05) is 19.9 Å². The SMILES string of the molecule is CCNC(=NCC(C)(C)c1cccs1)NCCc1csc(N2CCCC2)n1.I. The van der Waals surface area contributed by atoms with Crippen LogP contribution in [-0.2, 0) is 11.8 Å². The molecule has 1 saturated heterocycles. The smallest absolute Gasteiger partial charge is 0.191 e. The number of nitrogens with zero attached hydrogens (tertiary/aromatic N) is 3. The number of hydrogen-bond acceptors (Lipinski definition) is 5. The molecule has 0 saturated carbocycles. The van der Waals surface area contributed by atoms with Crippen LogP contribution in [0, 0.1) is 0 Å². The highest BCUT2D eigenvalue weighted by molar-refractivity contribution is 14.0. The first-order valence-corrected chi connectivity index (χ1v) is 11.6. The molecule has 2 aromatic rings. The maximum atomic E-state index is 4.82. The van der Waals surface area contributed by atoms with Gasteiger partial charge in [-0.25, -0.2) is 4.98 Å². The Kier molecular flexibility index (Phi) is 9.49. The normalized spacial score (nSPS) is 14.8. The molecule has 0 atom stereocenters. The van der Waals surface area contributed by atoms with Crippen LogP contribution >= 0.6 is 46.7 Å². The first-order chi connectivity index (χ1) is 13.1. The number of rotatable bonds is 8. The van der Waals surface area contributed by atoms with Crippen molar-refractivity contribution in [2.75, 3.05) is 37.6 Å². The lowest BCUT2D eigenvalue weighted by atomic mass is 9.92. The van der Waals surface area contributed by atoms with E-state index < -0.39 is 0 Å². The maximum Gasteiger partial charge on any atom is 0.191 e. The zero-order valence-electron chi connectivity index (χ0n) is 17.0. The summed E-state index contributed by atoms with van der Waals surface area (Å²) >= 11 is 3.57. The highest BCUT2D eigenvalue weighted by atomic mass is 127. The largest absolute Gasteiger partial charge is 0.357 e. The fourth-order valence-corrected chi connectivity index (χ4v) is 4.89. The van der Waals surface area contributed by atoms with Crippen molar-refractivity contribution in [3.8, 4) is 0 Å². The number of guanidine groups is 1. The predicted octanol–water partition coefficient (Wildman–Crippen LogP) is 4.50. The maximum absolute atomic E-state index is 4.82. The number of nitrogens with one attached hydrogen (secondary N) is 2. The molecule has 0 amide bonds. The van der Waals surface area contributed by atoms with E-state index in [1.54, 1.807) is 22.7 Å². The Morgan fingerprint density at radius 2 is 2.04 bits per heavy atom. The van der Waals surface area contributed by atoms with Crippen LogP contribution < -0.4 is 15.5 Å². The Balaban J connectivity index is 0.00000280. The van der Waals surface area contributed by atoms with Crippen molar-refractivity contribution < 1.29 is 0 Å². The lowest BCUT2D eigenvalue weighted by Gasteiger charge is -2.21. The van der Waals surface area contributed by atoms with Gasteiger partial charge in [0.25, 0.3) is 0 Å². The molecule has 1 aliphatic heterocycles. The molecular formula is C20H32IN5S2. The van der Waals surface area contributed by atoms with Crippen LogP contribution in [0.5, 0.6) is 0 Å². The van der Waals surface area contributed by atoms with Crippen molar-refractivity contribution in [2.45, 2.75) is 45.4 Å². The standard InChI is InChI=1S/C20H31N5S2.HI/c1-4-21-18(23-15-20(2,3)17-8-7-13-26-17)22-10-9-16-14-27-19(24-16)25-11-5-6-12-25;/h7-8,13-14H,4-6,9-12,15H2,1-3H3,(H2,21,22,23);1H. The fourth-order valence-electron chi connectivity index (χ4n) is 3.13. The van der Waals surface area contributed by atoms with Gasteiger partial charge in [-0.3, -0.25) is 4.99 Å². The van der Waals surface area contributed by atoms with Gasteiger partial charge in [-0.05, 0) is 31.2 Å². The summed E-state index contributed by atoms with van der Waals surface area (Å²) in [5.41, 5.74) is 1.22. The molecule has 5 nitrogen and oxygen atoms in total. The number of thiophene rings is 1. The Labute approximate surface area is 194 Å². The van der Waals surface area contributed by atoms with Gasteiger partial charge in [0.2, 0.25) is 0 Å². The van der Waals surface area contributed by atoms with Gasteiger partial charge in [0, 0.05) is 48.3 Å². The minimum absolute atomic E-state index is 0. The van der Waals surface area contributed by atoms with Gasteiger partial charge in [0.05, 0.1) is 12.2 Å². The second-order valence-electron chi connectivity index (χ2n) is 7.55. The van der Waals surface area contributed by atoms with Crippen molar-refractivity contribution in [2.24, 2.45) is 4.99 Å². The molecule has 156 valence electrons. The van der Waals surface area contributed by atoms with Gasteiger partial charge < -0.3 is 15.5 Å². The molecular weight excluding hydrogens is 501 g/mol. The summed E-state index contributed by atoms with van der Waals surface area (Å²) in [5.74, 6) is 0.886. The van der Waals surface area contributed by atoms with E-state index in [0.29, 0.717) is 0 Å². The molecule has 1 fully saturated rings. The number of hydrogen-bond donors (Lipinski definition) is 2. The second kappa shape index (κ2) is 11.3. The number of thiazole rings is 1. The molecule has 0 aromatic carbocycles. The van der Waals surface area contributed by atoms with Crippen LogP contribution in [0.1, 0.15) is 44.2 Å². The lowest BCUT2D eigenvalue weighted by Crippen LogP contribution is -2.39. The van der Waals surface area contributed by atoms with Crippen molar-refractivity contribution in [1.29, 1.82) is 0 Å². The van der Waals surface area contributed by atoms with E-state index in [1.165, 1.54) is 28.5 Å². The molecule has 0 bridgehead atoms. The third kappa shape index (κ3) is 6.59. The van der Waals surface area contributed by atoms with Gasteiger partial charge in [-0.15, -0.1) is 46.7 Å². The van der Waals surface area contributed by atoms with E-state index in [1.807, 2.05) is 0 Å². The number of halogens is 1.